The SMILES string of the molecule is CC(Oc1ccc(Cl)cc1)n1ccc2ccccc21. The lowest BCUT2D eigenvalue weighted by molar-refractivity contribution is 0.157. The zero-order valence-corrected chi connectivity index (χ0v) is 11.3. The lowest BCUT2D eigenvalue weighted by Crippen LogP contribution is -2.10. The second-order valence-electron chi connectivity index (χ2n) is 4.45. The molecule has 0 fully saturated rings. The van der Waals surface area contributed by atoms with Crippen LogP contribution in [-0.2, 0) is 0 Å². The molecule has 96 valence electrons. The fourth-order valence-corrected chi connectivity index (χ4v) is 2.31. The Morgan fingerprint density at radius 2 is 1.74 bits per heavy atom. The maximum absolute atomic E-state index is 5.93. The van der Waals surface area contributed by atoms with Crippen molar-refractivity contribution in [3.8, 4) is 5.75 Å². The first-order valence-electron chi connectivity index (χ1n) is 6.22. The maximum atomic E-state index is 5.93. The molecule has 3 aromatic rings. The summed E-state index contributed by atoms with van der Waals surface area (Å²) < 4.78 is 8.04. The molecule has 0 saturated heterocycles. The van der Waals surface area contributed by atoms with Crippen molar-refractivity contribution in [1.29, 1.82) is 0 Å². The van der Waals surface area contributed by atoms with E-state index in [9.17, 15) is 0 Å². The molecule has 0 amide bonds. The summed E-state index contributed by atoms with van der Waals surface area (Å²) >= 11 is 5.87. The molecule has 2 aromatic carbocycles. The average Bonchev–Trinajstić information content (AvgIpc) is 2.85. The van der Waals surface area contributed by atoms with E-state index in [0.717, 1.165) is 5.75 Å². The monoisotopic (exact) mass is 271 g/mol. The summed E-state index contributed by atoms with van der Waals surface area (Å²) in [4.78, 5) is 0. The van der Waals surface area contributed by atoms with E-state index in [1.54, 1.807) is 0 Å². The number of fused-ring (bicyclic) bond motifs is 1. The van der Waals surface area contributed by atoms with Crippen molar-refractivity contribution < 1.29 is 4.74 Å². The molecule has 0 radical (unpaired) electrons. The van der Waals surface area contributed by atoms with Crippen molar-refractivity contribution in [3.05, 3.63) is 65.8 Å². The van der Waals surface area contributed by atoms with Crippen LogP contribution in [0, 0.1) is 0 Å². The van der Waals surface area contributed by atoms with E-state index in [4.69, 9.17) is 16.3 Å². The first-order valence-corrected chi connectivity index (χ1v) is 6.59. The van der Waals surface area contributed by atoms with Gasteiger partial charge in [0.2, 0.25) is 0 Å². The van der Waals surface area contributed by atoms with Crippen LogP contribution < -0.4 is 4.74 Å². The summed E-state index contributed by atoms with van der Waals surface area (Å²) in [5.41, 5.74) is 1.17. The molecule has 1 unspecified atom stereocenters. The van der Waals surface area contributed by atoms with E-state index < -0.39 is 0 Å². The third kappa shape index (κ3) is 2.45. The van der Waals surface area contributed by atoms with Crippen molar-refractivity contribution in [2.75, 3.05) is 0 Å². The van der Waals surface area contributed by atoms with Crippen LogP contribution in [0.5, 0.6) is 5.75 Å². The fourth-order valence-electron chi connectivity index (χ4n) is 2.19. The third-order valence-electron chi connectivity index (χ3n) is 3.14. The minimum absolute atomic E-state index is 0.0684. The molecule has 0 spiro atoms. The zero-order chi connectivity index (χ0) is 13.2. The van der Waals surface area contributed by atoms with Crippen LogP contribution in [0.1, 0.15) is 13.2 Å². The zero-order valence-electron chi connectivity index (χ0n) is 10.6. The highest BCUT2D eigenvalue weighted by Gasteiger charge is 2.09. The Labute approximate surface area is 117 Å². The second kappa shape index (κ2) is 4.98. The standard InChI is InChI=1S/C16H14ClNO/c1-12(19-15-8-6-14(17)7-9-15)18-11-10-13-4-2-3-5-16(13)18/h2-12H,1H3. The lowest BCUT2D eigenvalue weighted by atomic mass is 10.2. The van der Waals surface area contributed by atoms with Crippen LogP contribution in [0.25, 0.3) is 10.9 Å². The molecule has 1 heterocycles. The van der Waals surface area contributed by atoms with Gasteiger partial charge in [0.15, 0.2) is 6.23 Å². The highest BCUT2D eigenvalue weighted by Crippen LogP contribution is 2.24. The van der Waals surface area contributed by atoms with Gasteiger partial charge in [-0.2, -0.15) is 0 Å². The highest BCUT2D eigenvalue weighted by atomic mass is 35.5. The van der Waals surface area contributed by atoms with Crippen LogP contribution in [0.3, 0.4) is 0 Å². The third-order valence-corrected chi connectivity index (χ3v) is 3.39. The van der Waals surface area contributed by atoms with Crippen LogP contribution in [-0.4, -0.2) is 4.57 Å². The number of nitrogens with zero attached hydrogens (tertiary/aromatic N) is 1. The van der Waals surface area contributed by atoms with E-state index in [2.05, 4.69) is 22.8 Å². The van der Waals surface area contributed by atoms with E-state index in [-0.39, 0.29) is 6.23 Å². The normalized spacial score (nSPS) is 12.5. The molecule has 2 nitrogen and oxygen atoms in total. The van der Waals surface area contributed by atoms with Crippen molar-refractivity contribution >= 4 is 22.5 Å². The van der Waals surface area contributed by atoms with Gasteiger partial charge in [-0.1, -0.05) is 29.8 Å². The lowest BCUT2D eigenvalue weighted by Gasteiger charge is -2.17. The molecule has 0 N–H and O–H groups in total. The number of hydrogen-bond acceptors (Lipinski definition) is 1. The molecule has 0 aliphatic rings. The summed E-state index contributed by atoms with van der Waals surface area (Å²) in [5, 5.41) is 1.93. The minimum atomic E-state index is -0.0684. The fraction of sp³-hybridized carbons (Fsp3) is 0.125. The summed E-state index contributed by atoms with van der Waals surface area (Å²) in [6.45, 7) is 2.03. The molecule has 3 heteroatoms. The van der Waals surface area contributed by atoms with E-state index in [0.29, 0.717) is 5.02 Å². The first-order chi connectivity index (χ1) is 9.24. The average molecular weight is 272 g/mol. The Morgan fingerprint density at radius 3 is 2.53 bits per heavy atom. The Hall–Kier alpha value is -1.93. The van der Waals surface area contributed by atoms with Gasteiger partial charge in [0.25, 0.3) is 0 Å². The van der Waals surface area contributed by atoms with Gasteiger partial charge < -0.3 is 9.30 Å². The predicted octanol–water partition coefficient (Wildman–Crippen LogP) is 4.89. The summed E-state index contributed by atoms with van der Waals surface area (Å²) in [6, 6.07) is 17.8. The van der Waals surface area contributed by atoms with Crippen molar-refractivity contribution in [3.63, 3.8) is 0 Å². The topological polar surface area (TPSA) is 14.2 Å². The molecule has 0 aliphatic heterocycles. The second-order valence-corrected chi connectivity index (χ2v) is 4.89. The van der Waals surface area contributed by atoms with E-state index in [1.807, 2.05) is 49.5 Å². The Kier molecular flexibility index (Phi) is 3.18. The molecule has 0 bridgehead atoms. The quantitative estimate of drug-likeness (QED) is 0.661. The number of halogens is 1. The minimum Gasteiger partial charge on any atom is -0.470 e. The molecular weight excluding hydrogens is 258 g/mol. The van der Waals surface area contributed by atoms with Gasteiger partial charge in [0.05, 0.1) is 5.52 Å². The van der Waals surface area contributed by atoms with Crippen LogP contribution in [0.2, 0.25) is 5.02 Å². The Balaban J connectivity index is 1.87. The van der Waals surface area contributed by atoms with Gasteiger partial charge in [-0.25, -0.2) is 0 Å². The number of ether oxygens (including phenoxy) is 1. The molecule has 3 rings (SSSR count). The summed E-state index contributed by atoms with van der Waals surface area (Å²) in [7, 11) is 0. The van der Waals surface area contributed by atoms with Crippen molar-refractivity contribution in [2.24, 2.45) is 0 Å². The molecule has 1 atom stereocenters. The number of aromatic nitrogens is 1. The highest BCUT2D eigenvalue weighted by molar-refractivity contribution is 6.30. The molecular formula is C16H14ClNO. The molecule has 19 heavy (non-hydrogen) atoms. The van der Waals surface area contributed by atoms with E-state index >= 15 is 0 Å². The molecule has 0 aliphatic carbocycles. The van der Waals surface area contributed by atoms with Crippen LogP contribution in [0.15, 0.2) is 60.8 Å². The molecule has 1 aromatic heterocycles. The van der Waals surface area contributed by atoms with Crippen LogP contribution >= 0.6 is 11.6 Å². The maximum Gasteiger partial charge on any atom is 0.173 e. The van der Waals surface area contributed by atoms with Gasteiger partial charge in [0.1, 0.15) is 5.75 Å². The van der Waals surface area contributed by atoms with Gasteiger partial charge in [-0.15, -0.1) is 0 Å². The summed E-state index contributed by atoms with van der Waals surface area (Å²) in [6.07, 6.45) is 1.98. The predicted molar refractivity (Wildman–Crippen MR) is 78.7 cm³/mol. The Morgan fingerprint density at radius 1 is 1.00 bits per heavy atom. The first kappa shape index (κ1) is 12.1. The van der Waals surface area contributed by atoms with Gasteiger partial charge in [0, 0.05) is 11.2 Å². The van der Waals surface area contributed by atoms with Crippen molar-refractivity contribution in [2.45, 2.75) is 13.2 Å². The largest absolute Gasteiger partial charge is 0.470 e. The molecule has 0 saturated carbocycles. The van der Waals surface area contributed by atoms with Gasteiger partial charge >= 0.3 is 0 Å². The number of hydrogen-bond donors (Lipinski definition) is 0. The van der Waals surface area contributed by atoms with Gasteiger partial charge in [-0.05, 0) is 48.7 Å². The number of benzene rings is 2. The van der Waals surface area contributed by atoms with E-state index in [1.165, 1.54) is 10.9 Å². The number of rotatable bonds is 3. The summed E-state index contributed by atoms with van der Waals surface area (Å²) in [5.74, 6) is 0.815. The van der Waals surface area contributed by atoms with Crippen LogP contribution in [0.4, 0.5) is 0 Å². The number of para-hydroxylation sites is 1. The van der Waals surface area contributed by atoms with Crippen molar-refractivity contribution in [1.82, 2.24) is 4.57 Å². The van der Waals surface area contributed by atoms with Gasteiger partial charge in [-0.3, -0.25) is 0 Å². The Bertz CT molecular complexity index is 687. The smallest absolute Gasteiger partial charge is 0.173 e.